The molecule has 0 aliphatic carbocycles. The van der Waals surface area contributed by atoms with E-state index in [9.17, 15) is 29.4 Å². The van der Waals surface area contributed by atoms with E-state index in [0.717, 1.165) is 5.56 Å². The molecule has 12 heteroatoms. The van der Waals surface area contributed by atoms with Crippen molar-refractivity contribution in [2.24, 2.45) is 0 Å². The third kappa shape index (κ3) is 6.26. The third-order valence-corrected chi connectivity index (χ3v) is 8.27. The number of aromatic carboxylic acids is 2. The van der Waals surface area contributed by atoms with E-state index in [2.05, 4.69) is 10.2 Å². The van der Waals surface area contributed by atoms with Gasteiger partial charge >= 0.3 is 11.9 Å². The average Bonchev–Trinajstić information content (AvgIpc) is 3.57. The Kier molecular flexibility index (Phi) is 8.78. The number of methoxy groups -OCH3 is 1. The van der Waals surface area contributed by atoms with Crippen molar-refractivity contribution in [3.8, 4) is 22.9 Å². The van der Waals surface area contributed by atoms with Gasteiger partial charge in [0.25, 0.3) is 11.1 Å². The van der Waals surface area contributed by atoms with Crippen molar-refractivity contribution in [3.63, 3.8) is 0 Å². The van der Waals surface area contributed by atoms with Crippen LogP contribution < -0.4 is 20.6 Å². The Bertz CT molecular complexity index is 2200. The lowest BCUT2D eigenvalue weighted by Crippen LogP contribution is -2.25. The minimum Gasteiger partial charge on any atom is -0.493 e. The molecule has 0 atom stereocenters. The Balaban J connectivity index is 1.53. The van der Waals surface area contributed by atoms with E-state index >= 15 is 0 Å². The van der Waals surface area contributed by atoms with Crippen molar-refractivity contribution >= 4 is 11.9 Å². The highest BCUT2D eigenvalue weighted by Gasteiger charge is 2.32. The lowest BCUT2D eigenvalue weighted by Gasteiger charge is -2.18. The van der Waals surface area contributed by atoms with E-state index in [1.807, 2.05) is 30.3 Å². The molecule has 2 aromatic heterocycles. The van der Waals surface area contributed by atoms with Crippen molar-refractivity contribution < 1.29 is 29.3 Å². The van der Waals surface area contributed by atoms with E-state index < -0.39 is 29.0 Å². The number of hydrogen-bond donors (Lipinski definition) is 4. The molecule has 0 bridgehead atoms. The zero-order valence-electron chi connectivity index (χ0n) is 26.8. The maximum Gasteiger partial charge on any atom is 0.335 e. The molecule has 4 N–H and O–H groups in total. The molecule has 49 heavy (non-hydrogen) atoms. The molecule has 2 heterocycles. The van der Waals surface area contributed by atoms with Gasteiger partial charge in [0.15, 0.2) is 11.5 Å². The van der Waals surface area contributed by atoms with Gasteiger partial charge in [0.2, 0.25) is 0 Å². The molecule has 0 saturated carbocycles. The van der Waals surface area contributed by atoms with Gasteiger partial charge < -0.3 is 19.7 Å². The lowest BCUT2D eigenvalue weighted by atomic mass is 9.85. The molecular weight excluding hydrogens is 628 g/mol. The number of hydrogen-bond acceptors (Lipinski definition) is 6. The van der Waals surface area contributed by atoms with Crippen LogP contribution in [-0.2, 0) is 6.61 Å². The number of carboxylic acid groups (broad SMARTS) is 2. The highest BCUT2D eigenvalue weighted by molar-refractivity contribution is 5.88. The van der Waals surface area contributed by atoms with Crippen LogP contribution in [0.4, 0.5) is 0 Å². The van der Waals surface area contributed by atoms with E-state index in [-0.39, 0.29) is 28.9 Å². The number of H-pyrrole nitrogens is 2. The number of ether oxygens (including phenoxy) is 2. The van der Waals surface area contributed by atoms with Gasteiger partial charge in [-0.15, -0.1) is 0 Å². The van der Waals surface area contributed by atoms with Crippen LogP contribution in [-0.4, -0.2) is 48.8 Å². The number of benzene rings is 4. The van der Waals surface area contributed by atoms with Gasteiger partial charge in [-0.1, -0.05) is 48.5 Å². The first-order chi connectivity index (χ1) is 23.6. The molecule has 0 amide bonds. The van der Waals surface area contributed by atoms with E-state index in [1.165, 1.54) is 52.9 Å². The highest BCUT2D eigenvalue weighted by Crippen LogP contribution is 2.37. The van der Waals surface area contributed by atoms with Gasteiger partial charge in [-0.2, -0.15) is 0 Å². The molecule has 0 aliphatic heterocycles. The Morgan fingerprint density at radius 2 is 1.22 bits per heavy atom. The van der Waals surface area contributed by atoms with Gasteiger partial charge in [0, 0.05) is 17.3 Å². The van der Waals surface area contributed by atoms with Crippen LogP contribution in [0.5, 0.6) is 11.5 Å². The molecule has 0 unspecified atom stereocenters. The maximum absolute atomic E-state index is 14.3. The largest absolute Gasteiger partial charge is 0.493 e. The summed E-state index contributed by atoms with van der Waals surface area (Å²) in [5.74, 6) is -2.40. The van der Waals surface area contributed by atoms with E-state index in [0.29, 0.717) is 39.8 Å². The van der Waals surface area contributed by atoms with Crippen molar-refractivity contribution in [1.29, 1.82) is 0 Å². The topological polar surface area (TPSA) is 169 Å². The number of rotatable bonds is 11. The number of carboxylic acids is 2. The Morgan fingerprint density at radius 3 is 1.71 bits per heavy atom. The van der Waals surface area contributed by atoms with Crippen molar-refractivity contribution in [3.05, 3.63) is 163 Å². The normalized spacial score (nSPS) is 11.1. The molecule has 0 radical (unpaired) electrons. The summed E-state index contributed by atoms with van der Waals surface area (Å²) in [6, 6.07) is 26.7. The van der Waals surface area contributed by atoms with Crippen LogP contribution in [0, 0.1) is 13.8 Å². The van der Waals surface area contributed by atoms with Crippen molar-refractivity contribution in [1.82, 2.24) is 19.6 Å². The van der Waals surface area contributed by atoms with E-state index in [1.54, 1.807) is 44.2 Å². The molecule has 6 rings (SSSR count). The summed E-state index contributed by atoms with van der Waals surface area (Å²) < 4.78 is 14.3. The summed E-state index contributed by atoms with van der Waals surface area (Å²) in [7, 11) is 1.50. The second-order valence-electron chi connectivity index (χ2n) is 11.4. The zero-order valence-corrected chi connectivity index (χ0v) is 26.8. The number of carbonyl (C=O) groups is 2. The van der Waals surface area contributed by atoms with Crippen LogP contribution in [0.15, 0.2) is 107 Å². The summed E-state index contributed by atoms with van der Waals surface area (Å²) in [4.78, 5) is 52.0. The third-order valence-electron chi connectivity index (χ3n) is 8.27. The van der Waals surface area contributed by atoms with Crippen LogP contribution >= 0.6 is 0 Å². The fourth-order valence-electron chi connectivity index (χ4n) is 5.91. The SMILES string of the molecule is COc1cc(C(c2c(C)[nH]n(-c3cccc(C(=O)O)c3)c2=O)c2c(C)[nH]n(-c3cccc(C(=O)O)c3)c2=O)ccc1OCc1ccccc1. The van der Waals surface area contributed by atoms with Crippen molar-refractivity contribution in [2.45, 2.75) is 26.4 Å². The second-order valence-corrected chi connectivity index (χ2v) is 11.4. The molecular formula is C37H32N4O8. The van der Waals surface area contributed by atoms with Gasteiger partial charge in [-0.05, 0) is 73.5 Å². The maximum atomic E-state index is 14.3. The quantitative estimate of drug-likeness (QED) is 0.143. The molecule has 0 saturated heterocycles. The van der Waals surface area contributed by atoms with Crippen LogP contribution in [0.2, 0.25) is 0 Å². The number of aromatic amines is 2. The summed E-state index contributed by atoms with van der Waals surface area (Å²) in [6.45, 7) is 3.69. The molecule has 6 aromatic rings. The predicted octanol–water partition coefficient (Wildman–Crippen LogP) is 5.43. The monoisotopic (exact) mass is 660 g/mol. The smallest absolute Gasteiger partial charge is 0.335 e. The summed E-state index contributed by atoms with van der Waals surface area (Å²) in [5, 5.41) is 25.2. The van der Waals surface area contributed by atoms with Gasteiger partial charge in [0.1, 0.15) is 6.61 Å². The molecule has 0 fully saturated rings. The second kappa shape index (κ2) is 13.3. The summed E-state index contributed by atoms with van der Waals surface area (Å²) >= 11 is 0. The highest BCUT2D eigenvalue weighted by atomic mass is 16.5. The first-order valence-electron chi connectivity index (χ1n) is 15.2. The number of aromatic nitrogens is 4. The molecule has 12 nitrogen and oxygen atoms in total. The molecule has 0 aliphatic rings. The minimum absolute atomic E-state index is 0.00135. The lowest BCUT2D eigenvalue weighted by molar-refractivity contribution is 0.0686. The number of aryl methyl sites for hydroxylation is 2. The van der Waals surface area contributed by atoms with E-state index in [4.69, 9.17) is 9.47 Å². The van der Waals surface area contributed by atoms with Gasteiger partial charge in [-0.25, -0.2) is 19.0 Å². The Labute approximate surface area is 279 Å². The van der Waals surface area contributed by atoms with Crippen LogP contribution in [0.25, 0.3) is 11.4 Å². The average molecular weight is 661 g/mol. The summed E-state index contributed by atoms with van der Waals surface area (Å²) in [5.41, 5.74) is 2.48. The molecule has 4 aromatic carbocycles. The molecule has 248 valence electrons. The predicted molar refractivity (Wildman–Crippen MR) is 181 cm³/mol. The summed E-state index contributed by atoms with van der Waals surface area (Å²) in [6.07, 6.45) is 0. The number of nitrogens with zero attached hydrogens (tertiary/aromatic N) is 2. The standard InChI is InChI=1S/C37H32N4O8/c1-21-31(34(42)40(38-21)27-13-7-11-25(17-27)36(44)45)33(24-15-16-29(30(19-24)48-3)49-20-23-9-5-4-6-10-23)32-22(2)39-41(35(32)43)28-14-8-12-26(18-28)37(46)47/h4-19,33,38-39H,20H2,1-3H3,(H,44,45)(H,46,47). The minimum atomic E-state index is -1.14. The molecule has 0 spiro atoms. The number of nitrogens with one attached hydrogen (secondary N) is 2. The van der Waals surface area contributed by atoms with Gasteiger partial charge in [-0.3, -0.25) is 19.8 Å². The first-order valence-corrected chi connectivity index (χ1v) is 15.2. The van der Waals surface area contributed by atoms with Crippen LogP contribution in [0.1, 0.15) is 60.3 Å². The zero-order chi connectivity index (χ0) is 34.8. The Morgan fingerprint density at radius 1 is 0.694 bits per heavy atom. The fraction of sp³-hybridized carbons (Fsp3) is 0.135. The van der Waals surface area contributed by atoms with Gasteiger partial charge in [0.05, 0.1) is 40.7 Å². The Hall–Kier alpha value is -6.56. The van der Waals surface area contributed by atoms with Crippen LogP contribution in [0.3, 0.4) is 0 Å². The fourth-order valence-corrected chi connectivity index (χ4v) is 5.91. The first kappa shape index (κ1) is 32.4. The van der Waals surface area contributed by atoms with Crippen molar-refractivity contribution in [2.75, 3.05) is 7.11 Å².